The monoisotopic (exact) mass is 567 g/mol. The van der Waals surface area contributed by atoms with Crippen LogP contribution in [0.15, 0.2) is 83.5 Å². The normalized spacial score (nSPS) is 18.6. The average Bonchev–Trinajstić information content (AvgIpc) is 3.41. The van der Waals surface area contributed by atoms with E-state index in [9.17, 15) is 22.9 Å². The van der Waals surface area contributed by atoms with Gasteiger partial charge in [-0.3, -0.25) is 9.78 Å². The Bertz CT molecular complexity index is 1860. The highest BCUT2D eigenvalue weighted by atomic mass is 32.2. The van der Waals surface area contributed by atoms with Gasteiger partial charge in [-0.2, -0.15) is 14.7 Å². The van der Waals surface area contributed by atoms with Gasteiger partial charge in [0.05, 0.1) is 39.5 Å². The Hall–Kier alpha value is -4.46. The molecule has 0 bridgehead atoms. The summed E-state index contributed by atoms with van der Waals surface area (Å²) < 4.78 is 44.3. The molecule has 3 heterocycles. The van der Waals surface area contributed by atoms with Gasteiger partial charge in [-0.25, -0.2) is 17.5 Å². The molecule has 41 heavy (non-hydrogen) atoms. The number of halogens is 1. The Morgan fingerprint density at radius 3 is 2.71 bits per heavy atom. The van der Waals surface area contributed by atoms with Crippen LogP contribution in [0, 0.1) is 22.6 Å². The van der Waals surface area contributed by atoms with Gasteiger partial charge < -0.3 is 0 Å². The smallest absolute Gasteiger partial charge is 0.243 e. The van der Waals surface area contributed by atoms with Gasteiger partial charge in [0.2, 0.25) is 10.0 Å². The lowest BCUT2D eigenvalue weighted by Crippen LogP contribution is -2.53. The van der Waals surface area contributed by atoms with Crippen LogP contribution in [0.2, 0.25) is 0 Å². The van der Waals surface area contributed by atoms with E-state index in [0.29, 0.717) is 12.1 Å². The van der Waals surface area contributed by atoms with Gasteiger partial charge in [0.25, 0.3) is 0 Å². The lowest BCUT2D eigenvalue weighted by molar-refractivity contribution is 0.0770. The van der Waals surface area contributed by atoms with Crippen molar-refractivity contribution in [3.8, 4) is 11.8 Å². The number of fused-ring (bicyclic) bond motifs is 2. The standard InChI is InChI=1S/C31H26FN5O3S/c1-2-21-10-12-34-28(15-21)30(38)31-17-23-19-35-37(26-8-6-25(32)7-9-26)29(23)16-24(31)11-13-36(20-31)41(39,40)27-5-3-4-22(14-27)18-33/h3-10,12,14-16,19H,2,11,13,17,20H2,1H3. The Kier molecular flexibility index (Phi) is 6.64. The maximum Gasteiger partial charge on any atom is 0.243 e. The number of carbonyl (C=O) groups excluding carboxylic acids is 1. The molecular formula is C31H26FN5O3S. The summed E-state index contributed by atoms with van der Waals surface area (Å²) >= 11 is 0. The number of Topliss-reactive ketones (excluding diaryl/α,β-unsaturated/α-hetero) is 1. The van der Waals surface area contributed by atoms with Crippen molar-refractivity contribution in [1.29, 1.82) is 5.26 Å². The predicted octanol–water partition coefficient (Wildman–Crippen LogP) is 4.74. The molecule has 0 radical (unpaired) electrons. The topological polar surface area (TPSA) is 109 Å². The number of pyridine rings is 1. The van der Waals surface area contributed by atoms with Crippen molar-refractivity contribution in [2.24, 2.45) is 5.41 Å². The first-order valence-electron chi connectivity index (χ1n) is 13.3. The first kappa shape index (κ1) is 26.7. The Balaban J connectivity index is 1.46. The molecule has 2 aromatic heterocycles. The first-order chi connectivity index (χ1) is 19.7. The van der Waals surface area contributed by atoms with E-state index in [-0.39, 0.29) is 47.3 Å². The number of aryl methyl sites for hydroxylation is 1. The summed E-state index contributed by atoms with van der Waals surface area (Å²) in [7, 11) is -4.01. The third-order valence-corrected chi connectivity index (χ3v) is 9.79. The maximum absolute atomic E-state index is 14.4. The van der Waals surface area contributed by atoms with Crippen molar-refractivity contribution in [3.05, 3.63) is 113 Å². The minimum Gasteiger partial charge on any atom is -0.291 e. The quantitative estimate of drug-likeness (QED) is 0.311. The molecule has 8 nitrogen and oxygen atoms in total. The highest BCUT2D eigenvalue weighted by Gasteiger charge is 2.51. The summed E-state index contributed by atoms with van der Waals surface area (Å²) in [6.45, 7) is 2.09. The van der Waals surface area contributed by atoms with Crippen LogP contribution >= 0.6 is 0 Å². The van der Waals surface area contributed by atoms with Crippen LogP contribution in [0.25, 0.3) is 11.8 Å². The molecule has 2 aliphatic rings. The fraction of sp³-hybridized carbons (Fsp3) is 0.226. The minimum absolute atomic E-state index is 0.0123. The molecule has 6 rings (SSSR count). The minimum atomic E-state index is -4.01. The van der Waals surface area contributed by atoms with Crippen LogP contribution in [-0.4, -0.2) is 46.4 Å². The predicted molar refractivity (Wildman–Crippen MR) is 150 cm³/mol. The number of hydrogen-bond acceptors (Lipinski definition) is 6. The van der Waals surface area contributed by atoms with Gasteiger partial charge in [0.15, 0.2) is 5.78 Å². The number of piperidine rings is 1. The van der Waals surface area contributed by atoms with Crippen molar-refractivity contribution in [2.75, 3.05) is 13.1 Å². The van der Waals surface area contributed by atoms with Crippen LogP contribution < -0.4 is 0 Å². The first-order valence-corrected chi connectivity index (χ1v) is 14.7. The molecule has 1 aliphatic heterocycles. The van der Waals surface area contributed by atoms with Crippen molar-refractivity contribution in [3.63, 3.8) is 0 Å². The third kappa shape index (κ3) is 4.57. The molecular weight excluding hydrogens is 541 g/mol. The average molecular weight is 568 g/mol. The van der Waals surface area contributed by atoms with E-state index in [1.807, 2.05) is 25.1 Å². The third-order valence-electron chi connectivity index (χ3n) is 7.95. The van der Waals surface area contributed by atoms with Gasteiger partial charge in [0.1, 0.15) is 11.5 Å². The van der Waals surface area contributed by atoms with Crippen LogP contribution in [0.1, 0.15) is 46.2 Å². The lowest BCUT2D eigenvalue weighted by Gasteiger charge is -2.44. The van der Waals surface area contributed by atoms with E-state index in [1.54, 1.807) is 47.4 Å². The second-order valence-corrected chi connectivity index (χ2v) is 12.3. The molecule has 0 N–H and O–H groups in total. The van der Waals surface area contributed by atoms with Crippen LogP contribution in [0.4, 0.5) is 4.39 Å². The summed E-state index contributed by atoms with van der Waals surface area (Å²) in [6.07, 6.45) is 6.50. The molecule has 2 aromatic carbocycles. The van der Waals surface area contributed by atoms with Crippen LogP contribution in [0.3, 0.4) is 0 Å². The Morgan fingerprint density at radius 2 is 1.95 bits per heavy atom. The lowest BCUT2D eigenvalue weighted by atomic mass is 9.65. The van der Waals surface area contributed by atoms with E-state index in [0.717, 1.165) is 28.8 Å². The van der Waals surface area contributed by atoms with E-state index in [1.165, 1.54) is 28.6 Å². The number of aromatic nitrogens is 3. The molecule has 0 spiro atoms. The fourth-order valence-electron chi connectivity index (χ4n) is 5.75. The van der Waals surface area contributed by atoms with Gasteiger partial charge in [-0.15, -0.1) is 0 Å². The number of carbonyl (C=O) groups is 1. The summed E-state index contributed by atoms with van der Waals surface area (Å²) in [5, 5.41) is 13.9. The molecule has 1 atom stereocenters. The Morgan fingerprint density at radius 1 is 1.15 bits per heavy atom. The van der Waals surface area contributed by atoms with E-state index >= 15 is 0 Å². The number of sulfonamides is 1. The largest absolute Gasteiger partial charge is 0.291 e. The highest BCUT2D eigenvalue weighted by Crippen LogP contribution is 2.47. The van der Waals surface area contributed by atoms with Crippen molar-refractivity contribution in [1.82, 2.24) is 19.1 Å². The van der Waals surface area contributed by atoms with Gasteiger partial charge >= 0.3 is 0 Å². The zero-order valence-corrected chi connectivity index (χ0v) is 23.1. The van der Waals surface area contributed by atoms with Gasteiger partial charge in [0, 0.05) is 19.3 Å². The van der Waals surface area contributed by atoms with Crippen molar-refractivity contribution < 1.29 is 17.6 Å². The molecule has 0 amide bonds. The van der Waals surface area contributed by atoms with Crippen LogP contribution in [-0.2, 0) is 22.9 Å². The fourth-order valence-corrected chi connectivity index (χ4v) is 7.29. The molecule has 206 valence electrons. The second-order valence-electron chi connectivity index (χ2n) is 10.3. The zero-order valence-electron chi connectivity index (χ0n) is 22.3. The van der Waals surface area contributed by atoms with Gasteiger partial charge in [-0.05, 0) is 91.1 Å². The Labute approximate surface area is 237 Å². The zero-order chi connectivity index (χ0) is 28.8. The second kappa shape index (κ2) is 10.2. The number of nitriles is 1. The molecule has 4 aromatic rings. The summed E-state index contributed by atoms with van der Waals surface area (Å²) in [5.41, 5.74) is 3.34. The van der Waals surface area contributed by atoms with E-state index in [2.05, 4.69) is 10.1 Å². The molecule has 1 unspecified atom stereocenters. The number of hydrogen-bond donors (Lipinski definition) is 0. The maximum atomic E-state index is 14.4. The number of benzene rings is 2. The summed E-state index contributed by atoms with van der Waals surface area (Å²) in [6, 6.07) is 17.5. The number of nitrogens with zero attached hydrogens (tertiary/aromatic N) is 5. The van der Waals surface area contributed by atoms with E-state index in [4.69, 9.17) is 0 Å². The number of rotatable bonds is 6. The van der Waals surface area contributed by atoms with Crippen molar-refractivity contribution >= 4 is 21.9 Å². The van der Waals surface area contributed by atoms with Crippen molar-refractivity contribution in [2.45, 2.75) is 31.1 Å². The molecule has 1 saturated heterocycles. The van der Waals surface area contributed by atoms with Crippen LogP contribution in [0.5, 0.6) is 0 Å². The molecule has 10 heteroatoms. The van der Waals surface area contributed by atoms with E-state index < -0.39 is 15.4 Å². The highest BCUT2D eigenvalue weighted by molar-refractivity contribution is 7.89. The summed E-state index contributed by atoms with van der Waals surface area (Å²) in [4.78, 5) is 18.8. The molecule has 1 aliphatic carbocycles. The van der Waals surface area contributed by atoms with Gasteiger partial charge in [-0.1, -0.05) is 18.6 Å². The molecule has 0 saturated carbocycles. The SMILES string of the molecule is CCc1ccnc(C(=O)C23Cc4cnn(-c5ccc(F)cc5)c4C=C2CCN(S(=O)(=O)c2cccc(C#N)c2)C3)c1. The number of ketones is 1. The summed E-state index contributed by atoms with van der Waals surface area (Å²) in [5.74, 6) is -0.599. The molecule has 1 fully saturated rings.